The number of hydrogen-bond donors (Lipinski definition) is 1. The summed E-state index contributed by atoms with van der Waals surface area (Å²) in [6, 6.07) is 19.8. The molecule has 1 unspecified atom stereocenters. The van der Waals surface area contributed by atoms with E-state index in [9.17, 15) is 5.26 Å². The van der Waals surface area contributed by atoms with Crippen molar-refractivity contribution in [1.29, 1.82) is 5.26 Å². The molecule has 0 aromatic heterocycles. The lowest BCUT2D eigenvalue weighted by molar-refractivity contribution is 0.354. The van der Waals surface area contributed by atoms with E-state index < -0.39 is 0 Å². The summed E-state index contributed by atoms with van der Waals surface area (Å²) >= 11 is 0. The first-order chi connectivity index (χ1) is 13.2. The van der Waals surface area contributed by atoms with Crippen LogP contribution in [0.5, 0.6) is 17.2 Å². The summed E-state index contributed by atoms with van der Waals surface area (Å²) in [7, 11) is 3.18. The van der Waals surface area contributed by atoms with E-state index in [0.29, 0.717) is 22.8 Å². The molecule has 5 heteroatoms. The van der Waals surface area contributed by atoms with Crippen LogP contribution in [0.25, 0.3) is 10.8 Å². The Kier molecular flexibility index (Phi) is 4.09. The average Bonchev–Trinajstić information content (AvgIpc) is 2.72. The van der Waals surface area contributed by atoms with E-state index >= 15 is 0 Å². The van der Waals surface area contributed by atoms with Gasteiger partial charge in [-0.2, -0.15) is 5.26 Å². The maximum absolute atomic E-state index is 9.79. The minimum absolute atomic E-state index is 0.125. The zero-order valence-corrected chi connectivity index (χ0v) is 15.0. The molecule has 0 amide bonds. The van der Waals surface area contributed by atoms with Crippen molar-refractivity contribution in [3.05, 3.63) is 77.2 Å². The smallest absolute Gasteiger partial charge is 0.205 e. The average molecular weight is 358 g/mol. The van der Waals surface area contributed by atoms with E-state index in [4.69, 9.17) is 19.9 Å². The van der Waals surface area contributed by atoms with Gasteiger partial charge in [0.25, 0.3) is 0 Å². The van der Waals surface area contributed by atoms with Gasteiger partial charge in [-0.05, 0) is 34.5 Å². The highest BCUT2D eigenvalue weighted by Crippen LogP contribution is 2.46. The molecule has 1 atom stereocenters. The van der Waals surface area contributed by atoms with Crippen molar-refractivity contribution in [2.24, 2.45) is 5.73 Å². The van der Waals surface area contributed by atoms with Crippen molar-refractivity contribution in [2.75, 3.05) is 14.2 Å². The van der Waals surface area contributed by atoms with Gasteiger partial charge >= 0.3 is 0 Å². The third-order valence-electron chi connectivity index (χ3n) is 4.85. The fraction of sp³-hybridized carbons (Fsp3) is 0.136. The zero-order chi connectivity index (χ0) is 19.0. The van der Waals surface area contributed by atoms with Crippen molar-refractivity contribution in [1.82, 2.24) is 0 Å². The predicted molar refractivity (Wildman–Crippen MR) is 103 cm³/mol. The van der Waals surface area contributed by atoms with Crippen LogP contribution < -0.4 is 19.9 Å². The standard InChI is InChI=1S/C22H18N2O3/c1-25-17-9-8-14(11-19(17)26-2)20-16(12-23)22(24)27-18-10-7-13-5-3-4-6-15(13)21(18)20/h3-11,20H,24H2,1-2H3. The van der Waals surface area contributed by atoms with Gasteiger partial charge in [0.05, 0.1) is 20.1 Å². The van der Waals surface area contributed by atoms with Crippen molar-refractivity contribution in [3.63, 3.8) is 0 Å². The Morgan fingerprint density at radius 1 is 1.00 bits per heavy atom. The molecule has 27 heavy (non-hydrogen) atoms. The fourth-order valence-corrected chi connectivity index (χ4v) is 3.61. The minimum atomic E-state index is -0.357. The number of hydrogen-bond acceptors (Lipinski definition) is 5. The van der Waals surface area contributed by atoms with Crippen LogP contribution in [-0.2, 0) is 0 Å². The Hall–Kier alpha value is -3.65. The van der Waals surface area contributed by atoms with Gasteiger partial charge in [-0.25, -0.2) is 0 Å². The molecule has 0 radical (unpaired) electrons. The molecule has 1 aliphatic rings. The van der Waals surface area contributed by atoms with Gasteiger partial charge in [-0.15, -0.1) is 0 Å². The SMILES string of the molecule is COc1ccc(C2C(C#N)=C(N)Oc3ccc4ccccc4c32)cc1OC. The van der Waals surface area contributed by atoms with Gasteiger partial charge in [0.15, 0.2) is 11.5 Å². The first-order valence-electron chi connectivity index (χ1n) is 8.49. The quantitative estimate of drug-likeness (QED) is 0.763. The highest BCUT2D eigenvalue weighted by Gasteiger charge is 2.32. The van der Waals surface area contributed by atoms with Gasteiger partial charge in [0.1, 0.15) is 17.4 Å². The Balaban J connectivity index is 2.02. The Morgan fingerprint density at radius 2 is 1.78 bits per heavy atom. The van der Waals surface area contributed by atoms with Gasteiger partial charge in [0, 0.05) is 5.56 Å². The third kappa shape index (κ3) is 2.63. The molecule has 0 fully saturated rings. The second-order valence-corrected chi connectivity index (χ2v) is 6.24. The molecule has 0 saturated heterocycles. The van der Waals surface area contributed by atoms with Crippen LogP contribution in [0.4, 0.5) is 0 Å². The molecule has 0 spiro atoms. The normalized spacial score (nSPS) is 15.7. The predicted octanol–water partition coefficient (Wildman–Crippen LogP) is 4.08. The number of rotatable bonds is 3. The third-order valence-corrected chi connectivity index (χ3v) is 4.85. The zero-order valence-electron chi connectivity index (χ0n) is 15.0. The van der Waals surface area contributed by atoms with Crippen molar-refractivity contribution < 1.29 is 14.2 Å². The van der Waals surface area contributed by atoms with E-state index in [1.807, 2.05) is 54.6 Å². The molecule has 134 valence electrons. The molecule has 1 heterocycles. The summed E-state index contributed by atoms with van der Waals surface area (Å²) < 4.78 is 16.6. The van der Waals surface area contributed by atoms with E-state index in [1.54, 1.807) is 14.2 Å². The Bertz CT molecular complexity index is 1110. The van der Waals surface area contributed by atoms with E-state index in [0.717, 1.165) is 21.9 Å². The summed E-state index contributed by atoms with van der Waals surface area (Å²) in [4.78, 5) is 0. The van der Waals surface area contributed by atoms with Gasteiger partial charge in [-0.1, -0.05) is 36.4 Å². The van der Waals surface area contributed by atoms with Crippen LogP contribution in [0.1, 0.15) is 17.0 Å². The maximum Gasteiger partial charge on any atom is 0.205 e. The van der Waals surface area contributed by atoms with E-state index in [2.05, 4.69) is 6.07 Å². The number of nitrogens with zero attached hydrogens (tertiary/aromatic N) is 1. The molecule has 0 saturated carbocycles. The van der Waals surface area contributed by atoms with Crippen molar-refractivity contribution >= 4 is 10.8 Å². The number of allylic oxidation sites excluding steroid dienone is 1. The van der Waals surface area contributed by atoms with Gasteiger partial charge in [0.2, 0.25) is 5.88 Å². The molecule has 3 aromatic rings. The van der Waals surface area contributed by atoms with Crippen molar-refractivity contribution in [2.45, 2.75) is 5.92 Å². The van der Waals surface area contributed by atoms with Crippen LogP contribution in [-0.4, -0.2) is 14.2 Å². The summed E-state index contributed by atoms with van der Waals surface area (Å²) in [6.45, 7) is 0. The molecular weight excluding hydrogens is 340 g/mol. The lowest BCUT2D eigenvalue weighted by Crippen LogP contribution is -2.21. The minimum Gasteiger partial charge on any atom is -0.493 e. The summed E-state index contributed by atoms with van der Waals surface area (Å²) in [5, 5.41) is 11.9. The first-order valence-corrected chi connectivity index (χ1v) is 8.49. The highest BCUT2D eigenvalue weighted by atomic mass is 16.5. The molecule has 0 aliphatic carbocycles. The number of benzene rings is 3. The van der Waals surface area contributed by atoms with E-state index in [-0.39, 0.29) is 11.8 Å². The highest BCUT2D eigenvalue weighted by molar-refractivity contribution is 5.90. The first kappa shape index (κ1) is 16.8. The number of nitriles is 1. The topological polar surface area (TPSA) is 77.5 Å². The Labute approximate surface area is 157 Å². The van der Waals surface area contributed by atoms with Crippen LogP contribution in [0.3, 0.4) is 0 Å². The second kappa shape index (κ2) is 6.58. The lowest BCUT2D eigenvalue weighted by atomic mass is 9.81. The molecule has 5 nitrogen and oxygen atoms in total. The number of methoxy groups -OCH3 is 2. The van der Waals surface area contributed by atoms with Crippen LogP contribution in [0, 0.1) is 11.3 Å². The van der Waals surface area contributed by atoms with Crippen LogP contribution in [0.2, 0.25) is 0 Å². The Morgan fingerprint density at radius 3 is 2.52 bits per heavy atom. The summed E-state index contributed by atoms with van der Waals surface area (Å²) in [5.41, 5.74) is 8.27. The monoisotopic (exact) mass is 358 g/mol. The molecule has 0 bridgehead atoms. The molecule has 1 aliphatic heterocycles. The summed E-state index contributed by atoms with van der Waals surface area (Å²) in [6.07, 6.45) is 0. The molecule has 3 aromatic carbocycles. The number of nitrogens with two attached hydrogens (primary N) is 1. The number of ether oxygens (including phenoxy) is 3. The maximum atomic E-state index is 9.79. The van der Waals surface area contributed by atoms with Crippen LogP contribution in [0.15, 0.2) is 66.1 Å². The summed E-state index contributed by atoms with van der Waals surface area (Å²) in [5.74, 6) is 1.65. The fourth-order valence-electron chi connectivity index (χ4n) is 3.61. The van der Waals surface area contributed by atoms with E-state index in [1.165, 1.54) is 0 Å². The van der Waals surface area contributed by atoms with Crippen molar-refractivity contribution in [3.8, 4) is 23.3 Å². The molecule has 2 N–H and O–H groups in total. The van der Waals surface area contributed by atoms with Crippen LogP contribution >= 0.6 is 0 Å². The number of fused-ring (bicyclic) bond motifs is 3. The lowest BCUT2D eigenvalue weighted by Gasteiger charge is -2.28. The van der Waals surface area contributed by atoms with Gasteiger partial charge in [-0.3, -0.25) is 0 Å². The largest absolute Gasteiger partial charge is 0.493 e. The molecular formula is C22H18N2O3. The second-order valence-electron chi connectivity index (χ2n) is 6.24. The van der Waals surface area contributed by atoms with Gasteiger partial charge < -0.3 is 19.9 Å². The molecule has 4 rings (SSSR count).